The second kappa shape index (κ2) is 11.9. The molecule has 2 N–H and O–H groups in total. The Bertz CT molecular complexity index is 1060. The van der Waals surface area contributed by atoms with Crippen molar-refractivity contribution in [1.82, 2.24) is 10.6 Å². The van der Waals surface area contributed by atoms with Crippen molar-refractivity contribution < 1.29 is 14.3 Å². The van der Waals surface area contributed by atoms with Gasteiger partial charge in [-0.05, 0) is 60.7 Å². The van der Waals surface area contributed by atoms with Crippen LogP contribution in [0.1, 0.15) is 39.7 Å². The van der Waals surface area contributed by atoms with E-state index in [0.29, 0.717) is 18.7 Å². The molecule has 3 rings (SSSR count). The molecule has 2 amide bonds. The molecule has 3 aromatic rings. The van der Waals surface area contributed by atoms with E-state index in [4.69, 9.17) is 4.74 Å². The first-order valence-electron chi connectivity index (χ1n) is 10.7. The molecule has 32 heavy (non-hydrogen) atoms. The van der Waals surface area contributed by atoms with Crippen molar-refractivity contribution in [3.8, 4) is 5.75 Å². The highest BCUT2D eigenvalue weighted by Gasteiger charge is 2.15. The molecule has 0 atom stereocenters. The molecule has 166 valence electrons. The van der Waals surface area contributed by atoms with E-state index in [2.05, 4.69) is 29.7 Å². The second-order valence-corrected chi connectivity index (χ2v) is 8.37. The fraction of sp³-hybridized carbons (Fsp3) is 0.231. The van der Waals surface area contributed by atoms with E-state index in [-0.39, 0.29) is 17.5 Å². The summed E-state index contributed by atoms with van der Waals surface area (Å²) in [6.07, 6.45) is 3.83. The Labute approximate surface area is 193 Å². The van der Waals surface area contributed by atoms with Crippen molar-refractivity contribution in [3.05, 3.63) is 93.3 Å². The van der Waals surface area contributed by atoms with Crippen molar-refractivity contribution in [1.29, 1.82) is 0 Å². The zero-order chi connectivity index (χ0) is 22.8. The van der Waals surface area contributed by atoms with Crippen LogP contribution in [0.2, 0.25) is 0 Å². The Morgan fingerprint density at radius 3 is 2.56 bits per heavy atom. The Kier molecular flexibility index (Phi) is 8.63. The maximum absolute atomic E-state index is 12.8. The van der Waals surface area contributed by atoms with Gasteiger partial charge in [-0.25, -0.2) is 0 Å². The quantitative estimate of drug-likeness (QED) is 0.340. The van der Waals surface area contributed by atoms with Gasteiger partial charge >= 0.3 is 0 Å². The van der Waals surface area contributed by atoms with Crippen LogP contribution in [0, 0.1) is 6.92 Å². The highest BCUT2D eigenvalue weighted by atomic mass is 32.1. The molecular formula is C26H28N2O3S. The molecule has 0 saturated heterocycles. The number of hydrogen-bond acceptors (Lipinski definition) is 4. The summed E-state index contributed by atoms with van der Waals surface area (Å²) < 4.78 is 5.72. The minimum absolute atomic E-state index is 0.197. The Balaban J connectivity index is 1.58. The molecule has 0 bridgehead atoms. The number of amides is 2. The summed E-state index contributed by atoms with van der Waals surface area (Å²) in [6, 6.07) is 19.0. The number of carbonyl (C=O) groups excluding carboxylic acids is 2. The number of rotatable bonds is 10. The number of aryl methyl sites for hydroxylation is 2. The van der Waals surface area contributed by atoms with Gasteiger partial charge in [0.05, 0.1) is 6.54 Å². The number of ether oxygens (including phenoxy) is 1. The largest absolute Gasteiger partial charge is 0.492 e. The minimum Gasteiger partial charge on any atom is -0.492 e. The van der Waals surface area contributed by atoms with Gasteiger partial charge in [-0.3, -0.25) is 9.59 Å². The summed E-state index contributed by atoms with van der Waals surface area (Å²) >= 11 is 1.49. The smallest absolute Gasteiger partial charge is 0.267 e. The third-order valence-electron chi connectivity index (χ3n) is 4.72. The summed E-state index contributed by atoms with van der Waals surface area (Å²) in [5.41, 5.74) is 2.96. The number of thiophene rings is 1. The fourth-order valence-electron chi connectivity index (χ4n) is 3.12. The molecule has 0 saturated carbocycles. The van der Waals surface area contributed by atoms with Crippen molar-refractivity contribution in [2.24, 2.45) is 0 Å². The van der Waals surface area contributed by atoms with E-state index >= 15 is 0 Å². The highest BCUT2D eigenvalue weighted by molar-refractivity contribution is 7.10. The zero-order valence-electron chi connectivity index (χ0n) is 18.4. The summed E-state index contributed by atoms with van der Waals surface area (Å²) in [5.74, 6) is 0.0811. The summed E-state index contributed by atoms with van der Waals surface area (Å²) in [6.45, 7) is 4.72. The molecule has 0 radical (unpaired) electrons. The number of hydrogen-bond donors (Lipinski definition) is 2. The first kappa shape index (κ1) is 23.3. The lowest BCUT2D eigenvalue weighted by atomic mass is 10.1. The van der Waals surface area contributed by atoms with Gasteiger partial charge in [0.2, 0.25) is 0 Å². The van der Waals surface area contributed by atoms with E-state index in [0.717, 1.165) is 29.0 Å². The molecule has 2 aromatic carbocycles. The molecule has 0 spiro atoms. The fourth-order valence-corrected chi connectivity index (χ4v) is 3.78. The van der Waals surface area contributed by atoms with Crippen LogP contribution in [-0.4, -0.2) is 25.0 Å². The standard InChI is InChI=1S/C26H28N2O3S/c1-3-6-20-10-12-22(13-11-20)31-15-14-27-26(30)24(18-23-9-5-16-32-23)28-25(29)21-8-4-7-19(2)17-21/h4-5,7-13,16-18H,3,6,14-15H2,1-2H3,(H,27,30)(H,28,29)/b24-18-. The topological polar surface area (TPSA) is 67.4 Å². The van der Waals surface area contributed by atoms with E-state index in [1.165, 1.54) is 16.9 Å². The van der Waals surface area contributed by atoms with E-state index < -0.39 is 0 Å². The highest BCUT2D eigenvalue weighted by Crippen LogP contribution is 2.14. The summed E-state index contributed by atoms with van der Waals surface area (Å²) in [4.78, 5) is 26.3. The van der Waals surface area contributed by atoms with Crippen molar-refractivity contribution in [2.45, 2.75) is 26.7 Å². The van der Waals surface area contributed by atoms with Crippen LogP contribution in [0.15, 0.2) is 71.7 Å². The molecule has 1 aromatic heterocycles. The van der Waals surface area contributed by atoms with Gasteiger partial charge in [0.1, 0.15) is 18.1 Å². The lowest BCUT2D eigenvalue weighted by Crippen LogP contribution is -2.36. The normalized spacial score (nSPS) is 11.1. The predicted molar refractivity (Wildman–Crippen MR) is 130 cm³/mol. The molecule has 0 aliphatic heterocycles. The SMILES string of the molecule is CCCc1ccc(OCCNC(=O)/C(=C/c2cccs2)NC(=O)c2cccc(C)c2)cc1. The molecular weight excluding hydrogens is 420 g/mol. The molecule has 0 unspecified atom stereocenters. The Morgan fingerprint density at radius 1 is 1.06 bits per heavy atom. The van der Waals surface area contributed by atoms with Crippen molar-refractivity contribution >= 4 is 29.2 Å². The van der Waals surface area contributed by atoms with Gasteiger partial charge < -0.3 is 15.4 Å². The monoisotopic (exact) mass is 448 g/mol. The van der Waals surface area contributed by atoms with Crippen molar-refractivity contribution in [2.75, 3.05) is 13.2 Å². The van der Waals surface area contributed by atoms with E-state index in [1.54, 1.807) is 18.2 Å². The maximum Gasteiger partial charge on any atom is 0.267 e. The van der Waals surface area contributed by atoms with Crippen LogP contribution in [0.4, 0.5) is 0 Å². The second-order valence-electron chi connectivity index (χ2n) is 7.40. The molecule has 6 heteroatoms. The van der Waals surface area contributed by atoms with E-state index in [9.17, 15) is 9.59 Å². The first-order chi connectivity index (χ1) is 15.5. The Hall–Kier alpha value is -3.38. The molecule has 0 fully saturated rings. The van der Waals surface area contributed by atoms with Crippen molar-refractivity contribution in [3.63, 3.8) is 0 Å². The van der Waals surface area contributed by atoms with Gasteiger partial charge in [0, 0.05) is 10.4 Å². The number of carbonyl (C=O) groups is 2. The van der Waals surface area contributed by atoms with Gasteiger partial charge in [-0.1, -0.05) is 49.2 Å². The lowest BCUT2D eigenvalue weighted by molar-refractivity contribution is -0.117. The maximum atomic E-state index is 12.8. The van der Waals surface area contributed by atoms with Crippen LogP contribution in [-0.2, 0) is 11.2 Å². The molecule has 5 nitrogen and oxygen atoms in total. The van der Waals surface area contributed by atoms with Gasteiger partial charge in [-0.2, -0.15) is 0 Å². The molecule has 0 aliphatic rings. The van der Waals surface area contributed by atoms with Gasteiger partial charge in [-0.15, -0.1) is 11.3 Å². The first-order valence-corrected chi connectivity index (χ1v) is 11.6. The zero-order valence-corrected chi connectivity index (χ0v) is 19.2. The van der Waals surface area contributed by atoms with Gasteiger partial charge in [0.25, 0.3) is 11.8 Å². The average Bonchev–Trinajstić information content (AvgIpc) is 3.30. The van der Waals surface area contributed by atoms with E-state index in [1.807, 2.05) is 48.7 Å². The number of nitrogens with one attached hydrogen (secondary N) is 2. The predicted octanol–water partition coefficient (Wildman–Crippen LogP) is 4.98. The lowest BCUT2D eigenvalue weighted by Gasteiger charge is -2.12. The van der Waals surface area contributed by atoms with Crippen LogP contribution in [0.5, 0.6) is 5.75 Å². The van der Waals surface area contributed by atoms with Crippen LogP contribution in [0.25, 0.3) is 6.08 Å². The van der Waals surface area contributed by atoms with Crippen LogP contribution in [0.3, 0.4) is 0 Å². The Morgan fingerprint density at radius 2 is 1.88 bits per heavy atom. The average molecular weight is 449 g/mol. The summed E-state index contributed by atoms with van der Waals surface area (Å²) in [7, 11) is 0. The summed E-state index contributed by atoms with van der Waals surface area (Å²) in [5, 5.41) is 7.49. The van der Waals surface area contributed by atoms with Crippen LogP contribution < -0.4 is 15.4 Å². The minimum atomic E-state index is -0.360. The number of benzene rings is 2. The van der Waals surface area contributed by atoms with Crippen LogP contribution >= 0.6 is 11.3 Å². The third kappa shape index (κ3) is 7.10. The third-order valence-corrected chi connectivity index (χ3v) is 5.54. The van der Waals surface area contributed by atoms with Gasteiger partial charge in [0.15, 0.2) is 0 Å². The molecule has 0 aliphatic carbocycles. The molecule has 1 heterocycles.